The van der Waals surface area contributed by atoms with Crippen molar-refractivity contribution in [3.05, 3.63) is 53.1 Å². The van der Waals surface area contributed by atoms with Gasteiger partial charge in [-0.05, 0) is 37.6 Å². The van der Waals surface area contributed by atoms with Crippen LogP contribution in [0.4, 0.5) is 4.39 Å². The average molecular weight is 298 g/mol. The Hall–Kier alpha value is -2.89. The first-order valence-corrected chi connectivity index (χ1v) is 6.77. The summed E-state index contributed by atoms with van der Waals surface area (Å²) in [5, 5.41) is 6.80. The van der Waals surface area contributed by atoms with E-state index < -0.39 is 11.7 Å². The van der Waals surface area contributed by atoms with Crippen LogP contribution in [0, 0.1) is 19.7 Å². The summed E-state index contributed by atoms with van der Waals surface area (Å²) in [5.41, 5.74) is 9.41. The molecule has 0 bridgehead atoms. The second-order valence-electron chi connectivity index (χ2n) is 5.20. The highest BCUT2D eigenvalue weighted by Gasteiger charge is 2.19. The summed E-state index contributed by atoms with van der Waals surface area (Å²) in [7, 11) is 0. The number of aryl methyl sites for hydroxylation is 2. The maximum atomic E-state index is 14.2. The third-order valence-corrected chi connectivity index (χ3v) is 3.60. The minimum absolute atomic E-state index is 0.248. The Kier molecular flexibility index (Phi) is 3.29. The standard InChI is InChI=1S/C16H15FN4O/c1-8-3-4-10(13(17)5-8)15-11(16(18)22)6-14(20-15)12-7-19-21-9(12)2/h3-7,20H,1-2H3,(H2,18,22)(H,19,21). The zero-order valence-corrected chi connectivity index (χ0v) is 12.2. The van der Waals surface area contributed by atoms with Gasteiger partial charge in [0.25, 0.3) is 5.91 Å². The summed E-state index contributed by atoms with van der Waals surface area (Å²) in [6, 6.07) is 6.46. The lowest BCUT2D eigenvalue weighted by Crippen LogP contribution is -2.11. The highest BCUT2D eigenvalue weighted by molar-refractivity contribution is 6.00. The molecule has 0 aliphatic carbocycles. The number of aromatic nitrogens is 3. The van der Waals surface area contributed by atoms with Crippen molar-refractivity contribution in [3.8, 4) is 22.5 Å². The van der Waals surface area contributed by atoms with Crippen LogP contribution < -0.4 is 5.73 Å². The Morgan fingerprint density at radius 2 is 2.00 bits per heavy atom. The molecule has 0 saturated heterocycles. The number of hydrogen-bond donors (Lipinski definition) is 3. The first-order valence-electron chi connectivity index (χ1n) is 6.77. The van der Waals surface area contributed by atoms with E-state index in [1.807, 2.05) is 6.92 Å². The second kappa shape index (κ2) is 5.14. The fourth-order valence-electron chi connectivity index (χ4n) is 2.46. The Balaban J connectivity index is 2.21. The molecule has 0 saturated carbocycles. The van der Waals surface area contributed by atoms with Gasteiger partial charge >= 0.3 is 0 Å². The van der Waals surface area contributed by atoms with Crippen molar-refractivity contribution in [3.63, 3.8) is 0 Å². The van der Waals surface area contributed by atoms with Gasteiger partial charge in [0.2, 0.25) is 0 Å². The number of benzene rings is 1. The number of aromatic amines is 2. The molecule has 0 unspecified atom stereocenters. The quantitative estimate of drug-likeness (QED) is 0.694. The summed E-state index contributed by atoms with van der Waals surface area (Å²) >= 11 is 0. The maximum absolute atomic E-state index is 14.2. The maximum Gasteiger partial charge on any atom is 0.250 e. The van der Waals surface area contributed by atoms with Crippen LogP contribution in [0.15, 0.2) is 30.5 Å². The lowest BCUT2D eigenvalue weighted by Gasteiger charge is -2.04. The molecule has 0 spiro atoms. The van der Waals surface area contributed by atoms with Gasteiger partial charge in [0.05, 0.1) is 22.6 Å². The topological polar surface area (TPSA) is 87.6 Å². The third kappa shape index (κ3) is 2.28. The molecule has 1 amide bonds. The van der Waals surface area contributed by atoms with Gasteiger partial charge in [0.1, 0.15) is 5.82 Å². The van der Waals surface area contributed by atoms with Gasteiger partial charge in [0, 0.05) is 17.3 Å². The number of nitrogens with zero attached hydrogens (tertiary/aromatic N) is 1. The number of rotatable bonds is 3. The fourth-order valence-corrected chi connectivity index (χ4v) is 2.46. The highest BCUT2D eigenvalue weighted by atomic mass is 19.1. The van der Waals surface area contributed by atoms with Gasteiger partial charge in [-0.3, -0.25) is 9.89 Å². The Morgan fingerprint density at radius 1 is 1.23 bits per heavy atom. The molecule has 3 aromatic rings. The highest BCUT2D eigenvalue weighted by Crippen LogP contribution is 2.31. The molecule has 0 aliphatic rings. The lowest BCUT2D eigenvalue weighted by atomic mass is 10.1. The van der Waals surface area contributed by atoms with E-state index in [-0.39, 0.29) is 5.56 Å². The summed E-state index contributed by atoms with van der Waals surface area (Å²) in [4.78, 5) is 14.8. The average Bonchev–Trinajstić information content (AvgIpc) is 3.04. The molecule has 112 valence electrons. The Morgan fingerprint density at radius 3 is 2.59 bits per heavy atom. The van der Waals surface area contributed by atoms with Crippen molar-refractivity contribution in [1.29, 1.82) is 0 Å². The number of halogens is 1. The van der Waals surface area contributed by atoms with Gasteiger partial charge in [-0.1, -0.05) is 6.07 Å². The first kappa shape index (κ1) is 14.1. The molecule has 0 atom stereocenters. The SMILES string of the molecule is Cc1ccc(-c2[nH]c(-c3c[nH]nc3C)cc2C(N)=O)c(F)c1. The van der Waals surface area contributed by atoms with Crippen LogP contribution in [0.25, 0.3) is 22.5 Å². The van der Waals surface area contributed by atoms with E-state index in [9.17, 15) is 9.18 Å². The minimum atomic E-state index is -0.612. The molecule has 3 rings (SSSR count). The predicted molar refractivity (Wildman–Crippen MR) is 81.8 cm³/mol. The molecule has 2 aromatic heterocycles. The van der Waals surface area contributed by atoms with Gasteiger partial charge in [-0.25, -0.2) is 4.39 Å². The van der Waals surface area contributed by atoms with E-state index in [4.69, 9.17) is 5.73 Å². The summed E-state index contributed by atoms with van der Waals surface area (Å²) in [5.74, 6) is -1.02. The molecule has 5 nitrogen and oxygen atoms in total. The van der Waals surface area contributed by atoms with Crippen molar-refractivity contribution in [2.24, 2.45) is 5.73 Å². The van der Waals surface area contributed by atoms with E-state index in [1.165, 1.54) is 6.07 Å². The number of carbonyl (C=O) groups is 1. The minimum Gasteiger partial charge on any atom is -0.366 e. The summed E-state index contributed by atoms with van der Waals surface area (Å²) in [6.07, 6.45) is 1.71. The number of nitrogens with two attached hydrogens (primary N) is 1. The van der Waals surface area contributed by atoms with Crippen LogP contribution in [0.2, 0.25) is 0 Å². The zero-order chi connectivity index (χ0) is 15.9. The van der Waals surface area contributed by atoms with Crippen molar-refractivity contribution >= 4 is 5.91 Å². The number of H-pyrrole nitrogens is 2. The van der Waals surface area contributed by atoms with Crippen molar-refractivity contribution in [2.75, 3.05) is 0 Å². The van der Waals surface area contributed by atoms with Crippen LogP contribution in [-0.4, -0.2) is 21.1 Å². The predicted octanol–water partition coefficient (Wildman–Crippen LogP) is 2.93. The third-order valence-electron chi connectivity index (χ3n) is 3.60. The number of hydrogen-bond acceptors (Lipinski definition) is 2. The van der Waals surface area contributed by atoms with E-state index in [2.05, 4.69) is 15.2 Å². The van der Waals surface area contributed by atoms with E-state index in [1.54, 1.807) is 31.3 Å². The number of carbonyl (C=O) groups excluding carboxylic acids is 1. The molecule has 4 N–H and O–H groups in total. The van der Waals surface area contributed by atoms with Crippen LogP contribution in [-0.2, 0) is 0 Å². The van der Waals surface area contributed by atoms with Crippen LogP contribution in [0.1, 0.15) is 21.6 Å². The fraction of sp³-hybridized carbons (Fsp3) is 0.125. The second-order valence-corrected chi connectivity index (χ2v) is 5.20. The molecule has 0 radical (unpaired) electrons. The number of amides is 1. The molecule has 0 fully saturated rings. The number of nitrogens with one attached hydrogen (secondary N) is 2. The molecular formula is C16H15FN4O. The van der Waals surface area contributed by atoms with Gasteiger partial charge in [-0.2, -0.15) is 5.10 Å². The zero-order valence-electron chi connectivity index (χ0n) is 12.2. The Labute approximate surface area is 126 Å². The lowest BCUT2D eigenvalue weighted by molar-refractivity contribution is 0.100. The Bertz CT molecular complexity index is 863. The first-order chi connectivity index (χ1) is 10.5. The molecule has 6 heteroatoms. The van der Waals surface area contributed by atoms with Crippen LogP contribution in [0.3, 0.4) is 0 Å². The van der Waals surface area contributed by atoms with Gasteiger partial charge in [-0.15, -0.1) is 0 Å². The van der Waals surface area contributed by atoms with E-state index >= 15 is 0 Å². The van der Waals surface area contributed by atoms with Gasteiger partial charge in [0.15, 0.2) is 0 Å². The van der Waals surface area contributed by atoms with E-state index in [0.717, 1.165) is 16.8 Å². The van der Waals surface area contributed by atoms with Crippen molar-refractivity contribution in [2.45, 2.75) is 13.8 Å². The van der Waals surface area contributed by atoms with Crippen LogP contribution in [0.5, 0.6) is 0 Å². The van der Waals surface area contributed by atoms with Gasteiger partial charge < -0.3 is 10.7 Å². The van der Waals surface area contributed by atoms with Crippen molar-refractivity contribution < 1.29 is 9.18 Å². The largest absolute Gasteiger partial charge is 0.366 e. The number of primary amides is 1. The van der Waals surface area contributed by atoms with E-state index in [0.29, 0.717) is 17.0 Å². The monoisotopic (exact) mass is 298 g/mol. The molecule has 1 aromatic carbocycles. The summed E-state index contributed by atoms with van der Waals surface area (Å²) in [6.45, 7) is 3.64. The molecular weight excluding hydrogens is 283 g/mol. The van der Waals surface area contributed by atoms with Crippen molar-refractivity contribution in [1.82, 2.24) is 15.2 Å². The molecule has 0 aliphatic heterocycles. The molecule has 2 heterocycles. The molecule has 22 heavy (non-hydrogen) atoms. The summed E-state index contributed by atoms with van der Waals surface area (Å²) < 4.78 is 14.2. The smallest absolute Gasteiger partial charge is 0.250 e. The normalized spacial score (nSPS) is 10.9. The van der Waals surface area contributed by atoms with Crippen LogP contribution >= 0.6 is 0 Å².